The molecule has 1 aromatic rings. The standard InChI is InChI=1S/C13H16F3N/c1-2-3-4-5-10-6-7-12(13(14,15)16)8-11(10)9-17/h2,6-8H,1,3-5,9,17H2. The Balaban J connectivity index is 2.89. The Bertz CT molecular complexity index is 383. The van der Waals surface area contributed by atoms with Gasteiger partial charge in [0.25, 0.3) is 0 Å². The Morgan fingerprint density at radius 2 is 1.94 bits per heavy atom. The van der Waals surface area contributed by atoms with E-state index in [1.165, 1.54) is 6.07 Å². The largest absolute Gasteiger partial charge is 0.416 e. The molecule has 0 fully saturated rings. The zero-order chi connectivity index (χ0) is 12.9. The van der Waals surface area contributed by atoms with Crippen LogP contribution in [0.2, 0.25) is 0 Å². The molecular formula is C13H16F3N. The summed E-state index contributed by atoms with van der Waals surface area (Å²) in [5.74, 6) is 0. The summed E-state index contributed by atoms with van der Waals surface area (Å²) in [5.41, 5.74) is 6.31. The van der Waals surface area contributed by atoms with Crippen LogP contribution in [0.1, 0.15) is 29.5 Å². The molecule has 0 aromatic heterocycles. The van der Waals surface area contributed by atoms with Gasteiger partial charge in [-0.2, -0.15) is 13.2 Å². The van der Waals surface area contributed by atoms with Gasteiger partial charge in [-0.05, 0) is 42.5 Å². The first kappa shape index (κ1) is 13.8. The lowest BCUT2D eigenvalue weighted by molar-refractivity contribution is -0.137. The smallest absolute Gasteiger partial charge is 0.326 e. The Morgan fingerprint density at radius 3 is 2.47 bits per heavy atom. The first-order valence-corrected chi connectivity index (χ1v) is 5.49. The van der Waals surface area contributed by atoms with Gasteiger partial charge in [0.1, 0.15) is 0 Å². The van der Waals surface area contributed by atoms with Gasteiger partial charge in [-0.1, -0.05) is 12.1 Å². The van der Waals surface area contributed by atoms with Crippen LogP contribution in [0, 0.1) is 0 Å². The lowest BCUT2D eigenvalue weighted by Gasteiger charge is -2.12. The third-order valence-corrected chi connectivity index (χ3v) is 2.61. The fourth-order valence-corrected chi connectivity index (χ4v) is 1.67. The monoisotopic (exact) mass is 243 g/mol. The van der Waals surface area contributed by atoms with Crippen LogP contribution in [0.5, 0.6) is 0 Å². The molecule has 0 spiro atoms. The van der Waals surface area contributed by atoms with Crippen LogP contribution in [0.3, 0.4) is 0 Å². The van der Waals surface area contributed by atoms with Crippen LogP contribution in [0.25, 0.3) is 0 Å². The molecule has 0 unspecified atom stereocenters. The van der Waals surface area contributed by atoms with Crippen molar-refractivity contribution in [3.05, 3.63) is 47.5 Å². The molecule has 0 aliphatic rings. The maximum Gasteiger partial charge on any atom is 0.416 e. The van der Waals surface area contributed by atoms with E-state index in [1.54, 1.807) is 6.08 Å². The zero-order valence-electron chi connectivity index (χ0n) is 9.56. The molecule has 0 bridgehead atoms. The van der Waals surface area contributed by atoms with Crippen molar-refractivity contribution in [1.82, 2.24) is 0 Å². The molecule has 0 atom stereocenters. The minimum atomic E-state index is -4.30. The van der Waals surface area contributed by atoms with Gasteiger partial charge in [0.2, 0.25) is 0 Å². The second-order valence-corrected chi connectivity index (χ2v) is 3.87. The number of nitrogens with two attached hydrogens (primary N) is 1. The fourth-order valence-electron chi connectivity index (χ4n) is 1.67. The second-order valence-electron chi connectivity index (χ2n) is 3.87. The molecule has 2 N–H and O–H groups in total. The van der Waals surface area contributed by atoms with Gasteiger partial charge in [-0.3, -0.25) is 0 Å². The number of rotatable bonds is 5. The lowest BCUT2D eigenvalue weighted by Crippen LogP contribution is -2.09. The third kappa shape index (κ3) is 3.89. The summed E-state index contributed by atoms with van der Waals surface area (Å²) >= 11 is 0. The molecule has 1 nitrogen and oxygen atoms in total. The van der Waals surface area contributed by atoms with E-state index >= 15 is 0 Å². The molecule has 0 heterocycles. The quantitative estimate of drug-likeness (QED) is 0.619. The predicted molar refractivity (Wildman–Crippen MR) is 62.5 cm³/mol. The van der Waals surface area contributed by atoms with E-state index in [2.05, 4.69) is 6.58 Å². The number of allylic oxidation sites excluding steroid dienone is 1. The Morgan fingerprint density at radius 1 is 1.24 bits per heavy atom. The summed E-state index contributed by atoms with van der Waals surface area (Å²) in [6.07, 6.45) is -0.0423. The summed E-state index contributed by atoms with van der Waals surface area (Å²) in [6.45, 7) is 3.74. The summed E-state index contributed by atoms with van der Waals surface area (Å²) in [5, 5.41) is 0. The van der Waals surface area contributed by atoms with Gasteiger partial charge in [0, 0.05) is 6.54 Å². The predicted octanol–water partition coefficient (Wildman–Crippen LogP) is 3.67. The van der Waals surface area contributed by atoms with Crippen molar-refractivity contribution < 1.29 is 13.2 Å². The topological polar surface area (TPSA) is 26.0 Å². The highest BCUT2D eigenvalue weighted by molar-refractivity contribution is 5.33. The molecule has 0 saturated heterocycles. The van der Waals surface area contributed by atoms with Crippen LogP contribution in [-0.2, 0) is 19.1 Å². The maximum atomic E-state index is 12.5. The van der Waals surface area contributed by atoms with Crippen molar-refractivity contribution in [1.29, 1.82) is 0 Å². The number of unbranched alkanes of at least 4 members (excludes halogenated alkanes) is 1. The highest BCUT2D eigenvalue weighted by atomic mass is 19.4. The zero-order valence-corrected chi connectivity index (χ0v) is 9.56. The Labute approximate surface area is 99.1 Å². The maximum absolute atomic E-state index is 12.5. The number of hydrogen-bond acceptors (Lipinski definition) is 1. The Kier molecular flexibility index (Phi) is 4.75. The van der Waals surface area contributed by atoms with Crippen molar-refractivity contribution in [3.63, 3.8) is 0 Å². The van der Waals surface area contributed by atoms with Gasteiger partial charge < -0.3 is 5.73 Å². The van der Waals surface area contributed by atoms with E-state index in [4.69, 9.17) is 5.73 Å². The van der Waals surface area contributed by atoms with Gasteiger partial charge in [-0.25, -0.2) is 0 Å². The lowest BCUT2D eigenvalue weighted by atomic mass is 9.99. The van der Waals surface area contributed by atoms with E-state index in [-0.39, 0.29) is 6.54 Å². The van der Waals surface area contributed by atoms with E-state index in [1.807, 2.05) is 0 Å². The molecule has 0 aliphatic carbocycles. The van der Waals surface area contributed by atoms with Crippen molar-refractivity contribution in [2.24, 2.45) is 5.73 Å². The fraction of sp³-hybridized carbons (Fsp3) is 0.385. The van der Waals surface area contributed by atoms with Gasteiger partial charge in [0.15, 0.2) is 0 Å². The number of hydrogen-bond donors (Lipinski definition) is 1. The van der Waals surface area contributed by atoms with Crippen molar-refractivity contribution >= 4 is 0 Å². The van der Waals surface area contributed by atoms with Crippen LogP contribution >= 0.6 is 0 Å². The van der Waals surface area contributed by atoms with E-state index in [0.717, 1.165) is 37.0 Å². The highest BCUT2D eigenvalue weighted by Crippen LogP contribution is 2.30. The molecule has 1 rings (SSSR count). The van der Waals surface area contributed by atoms with Crippen LogP contribution in [-0.4, -0.2) is 0 Å². The van der Waals surface area contributed by atoms with Gasteiger partial charge in [-0.15, -0.1) is 6.58 Å². The SMILES string of the molecule is C=CCCCc1ccc(C(F)(F)F)cc1CN. The Hall–Kier alpha value is -1.29. The van der Waals surface area contributed by atoms with Crippen molar-refractivity contribution in [2.45, 2.75) is 32.0 Å². The van der Waals surface area contributed by atoms with Gasteiger partial charge >= 0.3 is 6.18 Å². The molecule has 0 aliphatic heterocycles. The minimum Gasteiger partial charge on any atom is -0.326 e. The summed E-state index contributed by atoms with van der Waals surface area (Å²) in [4.78, 5) is 0. The van der Waals surface area contributed by atoms with E-state index < -0.39 is 11.7 Å². The first-order chi connectivity index (χ1) is 7.99. The molecule has 0 amide bonds. The molecular weight excluding hydrogens is 227 g/mol. The average Bonchev–Trinajstić information content (AvgIpc) is 2.28. The van der Waals surface area contributed by atoms with Gasteiger partial charge in [0.05, 0.1) is 5.56 Å². The number of benzene rings is 1. The average molecular weight is 243 g/mol. The van der Waals surface area contributed by atoms with Crippen LogP contribution < -0.4 is 5.73 Å². The van der Waals surface area contributed by atoms with Crippen LogP contribution in [0.15, 0.2) is 30.9 Å². The summed E-state index contributed by atoms with van der Waals surface area (Å²) < 4.78 is 37.5. The number of aryl methyl sites for hydroxylation is 1. The van der Waals surface area contributed by atoms with Crippen LogP contribution in [0.4, 0.5) is 13.2 Å². The third-order valence-electron chi connectivity index (χ3n) is 2.61. The van der Waals surface area contributed by atoms with E-state index in [9.17, 15) is 13.2 Å². The number of alkyl halides is 3. The van der Waals surface area contributed by atoms with Crippen molar-refractivity contribution in [3.8, 4) is 0 Å². The molecule has 0 radical (unpaired) electrons. The summed E-state index contributed by atoms with van der Waals surface area (Å²) in [6, 6.07) is 3.78. The molecule has 17 heavy (non-hydrogen) atoms. The van der Waals surface area contributed by atoms with E-state index in [0.29, 0.717) is 5.56 Å². The minimum absolute atomic E-state index is 0.132. The molecule has 4 heteroatoms. The second kappa shape index (κ2) is 5.87. The molecule has 0 saturated carbocycles. The van der Waals surface area contributed by atoms with Crippen molar-refractivity contribution in [2.75, 3.05) is 0 Å². The molecule has 1 aromatic carbocycles. The number of halogens is 3. The highest BCUT2D eigenvalue weighted by Gasteiger charge is 2.30. The normalized spacial score (nSPS) is 11.5. The first-order valence-electron chi connectivity index (χ1n) is 5.49. The molecule has 94 valence electrons. The summed E-state index contributed by atoms with van der Waals surface area (Å²) in [7, 11) is 0.